The van der Waals surface area contributed by atoms with Crippen LogP contribution in [0.5, 0.6) is 5.75 Å². The maximum atomic E-state index is 6.18. The maximum absolute atomic E-state index is 6.18. The van der Waals surface area contributed by atoms with Gasteiger partial charge in [-0.15, -0.1) is 0 Å². The summed E-state index contributed by atoms with van der Waals surface area (Å²) in [5, 5.41) is 6.15. The minimum absolute atomic E-state index is 0.686. The van der Waals surface area contributed by atoms with Crippen molar-refractivity contribution in [2.75, 3.05) is 33.4 Å². The van der Waals surface area contributed by atoms with Crippen LogP contribution in [0.15, 0.2) is 36.4 Å². The largest absolute Gasteiger partial charge is 0.493 e. The molecule has 108 valence electrons. The highest BCUT2D eigenvalue weighted by atomic mass is 35.5. The molecule has 0 amide bonds. The standard InChI is InChI=1S/C16H20ClNO2/c1-19-12-10-18-9-4-11-20-16-8-7-15(17)13-5-2-3-6-14(13)16/h2-3,5-8,18H,4,9-12H2,1H3. The molecule has 0 unspecified atom stereocenters. The lowest BCUT2D eigenvalue weighted by Gasteiger charge is -2.10. The summed E-state index contributed by atoms with van der Waals surface area (Å²) >= 11 is 6.18. The average molecular weight is 294 g/mol. The molecule has 2 aromatic carbocycles. The van der Waals surface area contributed by atoms with Crippen LogP contribution in [0.25, 0.3) is 10.8 Å². The van der Waals surface area contributed by atoms with Crippen LogP contribution in [0, 0.1) is 0 Å². The first-order valence-corrected chi connectivity index (χ1v) is 7.20. The summed E-state index contributed by atoms with van der Waals surface area (Å²) in [5.74, 6) is 0.891. The zero-order valence-electron chi connectivity index (χ0n) is 11.7. The van der Waals surface area contributed by atoms with Gasteiger partial charge in [-0.05, 0) is 25.1 Å². The van der Waals surface area contributed by atoms with E-state index in [2.05, 4.69) is 5.32 Å². The van der Waals surface area contributed by atoms with Crippen LogP contribution >= 0.6 is 11.6 Å². The van der Waals surface area contributed by atoms with Gasteiger partial charge in [0.2, 0.25) is 0 Å². The molecular formula is C16H20ClNO2. The van der Waals surface area contributed by atoms with Crippen molar-refractivity contribution in [3.05, 3.63) is 41.4 Å². The number of fused-ring (bicyclic) bond motifs is 1. The van der Waals surface area contributed by atoms with E-state index in [0.717, 1.165) is 47.7 Å². The van der Waals surface area contributed by atoms with Gasteiger partial charge in [-0.3, -0.25) is 0 Å². The Morgan fingerprint density at radius 1 is 1.00 bits per heavy atom. The highest BCUT2D eigenvalue weighted by Crippen LogP contribution is 2.31. The fraction of sp³-hybridized carbons (Fsp3) is 0.375. The molecule has 0 fully saturated rings. The third-order valence-electron chi connectivity index (χ3n) is 3.07. The second-order valence-electron chi connectivity index (χ2n) is 4.54. The normalized spacial score (nSPS) is 10.9. The predicted octanol–water partition coefficient (Wildman–Crippen LogP) is 3.50. The molecule has 0 aliphatic carbocycles. The Morgan fingerprint density at radius 3 is 2.60 bits per heavy atom. The van der Waals surface area contributed by atoms with E-state index in [1.807, 2.05) is 36.4 Å². The highest BCUT2D eigenvalue weighted by molar-refractivity contribution is 6.35. The number of methoxy groups -OCH3 is 1. The van der Waals surface area contributed by atoms with Crippen molar-refractivity contribution in [3.8, 4) is 5.75 Å². The van der Waals surface area contributed by atoms with Gasteiger partial charge in [-0.1, -0.05) is 35.9 Å². The summed E-state index contributed by atoms with van der Waals surface area (Å²) in [6, 6.07) is 11.8. The van der Waals surface area contributed by atoms with Gasteiger partial charge in [0, 0.05) is 29.4 Å². The van der Waals surface area contributed by atoms with Crippen molar-refractivity contribution in [3.63, 3.8) is 0 Å². The smallest absolute Gasteiger partial charge is 0.127 e. The number of ether oxygens (including phenoxy) is 2. The number of halogens is 1. The van der Waals surface area contributed by atoms with Gasteiger partial charge in [-0.25, -0.2) is 0 Å². The highest BCUT2D eigenvalue weighted by Gasteiger charge is 2.04. The predicted molar refractivity (Wildman–Crippen MR) is 83.8 cm³/mol. The van der Waals surface area contributed by atoms with E-state index in [1.165, 1.54) is 0 Å². The number of rotatable bonds is 8. The fourth-order valence-electron chi connectivity index (χ4n) is 2.04. The third kappa shape index (κ3) is 4.10. The van der Waals surface area contributed by atoms with Crippen molar-refractivity contribution in [2.24, 2.45) is 0 Å². The number of nitrogens with one attached hydrogen (secondary N) is 1. The van der Waals surface area contributed by atoms with Crippen LogP contribution in [-0.2, 0) is 4.74 Å². The van der Waals surface area contributed by atoms with Crippen LogP contribution < -0.4 is 10.1 Å². The van der Waals surface area contributed by atoms with Crippen molar-refractivity contribution in [2.45, 2.75) is 6.42 Å². The van der Waals surface area contributed by atoms with E-state index in [1.54, 1.807) is 7.11 Å². The van der Waals surface area contributed by atoms with E-state index in [-0.39, 0.29) is 0 Å². The van der Waals surface area contributed by atoms with E-state index < -0.39 is 0 Å². The second-order valence-corrected chi connectivity index (χ2v) is 4.94. The van der Waals surface area contributed by atoms with Crippen LogP contribution in [0.2, 0.25) is 5.02 Å². The molecule has 0 aliphatic rings. The maximum Gasteiger partial charge on any atom is 0.127 e. The van der Waals surface area contributed by atoms with Crippen LogP contribution in [-0.4, -0.2) is 33.4 Å². The van der Waals surface area contributed by atoms with Crippen molar-refractivity contribution >= 4 is 22.4 Å². The summed E-state index contributed by atoms with van der Waals surface area (Å²) in [7, 11) is 1.70. The summed E-state index contributed by atoms with van der Waals surface area (Å²) in [6.45, 7) is 3.23. The zero-order valence-corrected chi connectivity index (χ0v) is 12.5. The molecule has 0 saturated heterocycles. The molecule has 2 aromatic rings. The lowest BCUT2D eigenvalue weighted by Crippen LogP contribution is -2.21. The van der Waals surface area contributed by atoms with Crippen LogP contribution in [0.4, 0.5) is 0 Å². The number of benzene rings is 2. The first kappa shape index (κ1) is 15.1. The van der Waals surface area contributed by atoms with Crippen LogP contribution in [0.3, 0.4) is 0 Å². The summed E-state index contributed by atoms with van der Waals surface area (Å²) in [6.07, 6.45) is 0.959. The summed E-state index contributed by atoms with van der Waals surface area (Å²) in [4.78, 5) is 0. The molecule has 0 bridgehead atoms. The molecule has 1 N–H and O–H groups in total. The molecule has 3 nitrogen and oxygen atoms in total. The monoisotopic (exact) mass is 293 g/mol. The van der Waals surface area contributed by atoms with Crippen molar-refractivity contribution in [1.82, 2.24) is 5.32 Å². The summed E-state index contributed by atoms with van der Waals surface area (Å²) < 4.78 is 10.8. The Bertz CT molecular complexity index is 545. The van der Waals surface area contributed by atoms with Gasteiger partial charge < -0.3 is 14.8 Å². The van der Waals surface area contributed by atoms with Gasteiger partial charge in [-0.2, -0.15) is 0 Å². The van der Waals surface area contributed by atoms with Gasteiger partial charge in [0.15, 0.2) is 0 Å². The molecule has 0 radical (unpaired) electrons. The first-order chi connectivity index (χ1) is 9.83. The molecule has 0 aromatic heterocycles. The number of hydrogen-bond donors (Lipinski definition) is 1. The molecule has 0 atom stereocenters. The quantitative estimate of drug-likeness (QED) is 0.756. The molecule has 0 aliphatic heterocycles. The Morgan fingerprint density at radius 2 is 1.80 bits per heavy atom. The topological polar surface area (TPSA) is 30.5 Å². The zero-order chi connectivity index (χ0) is 14.2. The first-order valence-electron chi connectivity index (χ1n) is 6.82. The van der Waals surface area contributed by atoms with Crippen LogP contribution in [0.1, 0.15) is 6.42 Å². The molecule has 0 saturated carbocycles. The Hall–Kier alpha value is -1.29. The van der Waals surface area contributed by atoms with E-state index in [4.69, 9.17) is 21.1 Å². The molecule has 4 heteroatoms. The summed E-state index contributed by atoms with van der Waals surface area (Å²) in [5.41, 5.74) is 0. The Kier molecular flexibility index (Phi) is 6.12. The minimum atomic E-state index is 0.686. The molecule has 0 heterocycles. The Balaban J connectivity index is 1.86. The molecule has 0 spiro atoms. The third-order valence-corrected chi connectivity index (χ3v) is 3.40. The van der Waals surface area contributed by atoms with Gasteiger partial charge in [0.25, 0.3) is 0 Å². The number of hydrogen-bond acceptors (Lipinski definition) is 3. The molecule has 2 rings (SSSR count). The van der Waals surface area contributed by atoms with Gasteiger partial charge in [0.05, 0.1) is 13.2 Å². The fourth-order valence-corrected chi connectivity index (χ4v) is 2.27. The molecular weight excluding hydrogens is 274 g/mol. The second kappa shape index (κ2) is 8.10. The SMILES string of the molecule is COCCNCCCOc1ccc(Cl)c2ccccc12. The molecule has 20 heavy (non-hydrogen) atoms. The lowest BCUT2D eigenvalue weighted by atomic mass is 10.1. The van der Waals surface area contributed by atoms with E-state index in [0.29, 0.717) is 6.61 Å². The van der Waals surface area contributed by atoms with Gasteiger partial charge >= 0.3 is 0 Å². The van der Waals surface area contributed by atoms with Crippen molar-refractivity contribution in [1.29, 1.82) is 0 Å². The lowest BCUT2D eigenvalue weighted by molar-refractivity contribution is 0.198. The van der Waals surface area contributed by atoms with Gasteiger partial charge in [0.1, 0.15) is 5.75 Å². The Labute approximate surface area is 124 Å². The van der Waals surface area contributed by atoms with Crippen molar-refractivity contribution < 1.29 is 9.47 Å². The van der Waals surface area contributed by atoms with E-state index in [9.17, 15) is 0 Å². The average Bonchev–Trinajstić information content (AvgIpc) is 2.49. The minimum Gasteiger partial charge on any atom is -0.493 e. The van der Waals surface area contributed by atoms with E-state index >= 15 is 0 Å².